The highest BCUT2D eigenvalue weighted by molar-refractivity contribution is 7.93. The maximum absolute atomic E-state index is 12.0. The molecule has 0 aromatic carbocycles. The Bertz CT molecular complexity index is 703. The smallest absolute Gasteiger partial charge is 0.327 e. The van der Waals surface area contributed by atoms with E-state index in [0.29, 0.717) is 0 Å². The topological polar surface area (TPSA) is 121 Å². The summed E-state index contributed by atoms with van der Waals surface area (Å²) in [6, 6.07) is 0. The standard InChI is InChI=1S/C14H22O8S2/c1-9-7-13(9,23(3,17)18)11(15)21-5-6-22-12(16)14(8-10(14)2)24(4,19)20/h9-10H,5-8H2,1-4H3. The van der Waals surface area contributed by atoms with E-state index in [4.69, 9.17) is 9.47 Å². The molecule has 0 amide bonds. The Morgan fingerprint density at radius 3 is 1.25 bits per heavy atom. The monoisotopic (exact) mass is 382 g/mol. The zero-order valence-electron chi connectivity index (χ0n) is 14.1. The SMILES string of the molecule is CC1CC1(C(=O)OCCOC(=O)C1(S(C)(=O)=O)CC1C)S(C)(=O)=O. The fourth-order valence-corrected chi connectivity index (χ4v) is 6.50. The van der Waals surface area contributed by atoms with Crippen LogP contribution >= 0.6 is 0 Å². The number of carbonyl (C=O) groups excluding carboxylic acids is 2. The molecule has 0 aromatic rings. The molecule has 4 unspecified atom stereocenters. The highest BCUT2D eigenvalue weighted by atomic mass is 32.2. The van der Waals surface area contributed by atoms with Gasteiger partial charge in [-0.15, -0.1) is 0 Å². The largest absolute Gasteiger partial charge is 0.461 e. The Kier molecular flexibility index (Phi) is 4.54. The van der Waals surface area contributed by atoms with Crippen molar-refractivity contribution in [1.82, 2.24) is 0 Å². The van der Waals surface area contributed by atoms with Crippen LogP contribution in [0, 0.1) is 11.8 Å². The molecule has 4 atom stereocenters. The summed E-state index contributed by atoms with van der Waals surface area (Å²) in [5, 5.41) is 0. The van der Waals surface area contributed by atoms with E-state index in [1.807, 2.05) is 0 Å². The van der Waals surface area contributed by atoms with Crippen molar-refractivity contribution in [3.8, 4) is 0 Å². The van der Waals surface area contributed by atoms with Gasteiger partial charge in [0.2, 0.25) is 0 Å². The zero-order chi connectivity index (χ0) is 18.6. The van der Waals surface area contributed by atoms with Gasteiger partial charge in [0.15, 0.2) is 29.2 Å². The molecular formula is C14H22O8S2. The van der Waals surface area contributed by atoms with Crippen LogP contribution in [-0.2, 0) is 38.7 Å². The summed E-state index contributed by atoms with van der Waals surface area (Å²) in [5.41, 5.74) is 0. The van der Waals surface area contributed by atoms with Crippen molar-refractivity contribution in [1.29, 1.82) is 0 Å². The molecule has 2 aliphatic rings. The average Bonchev–Trinajstić information content (AvgIpc) is 3.28. The number of rotatable bonds is 7. The van der Waals surface area contributed by atoms with Gasteiger partial charge >= 0.3 is 11.9 Å². The number of sulfone groups is 2. The molecule has 138 valence electrons. The first-order valence-corrected chi connectivity index (χ1v) is 11.3. The lowest BCUT2D eigenvalue weighted by Gasteiger charge is -2.16. The van der Waals surface area contributed by atoms with Gasteiger partial charge in [-0.05, 0) is 24.7 Å². The Labute approximate surface area is 141 Å². The van der Waals surface area contributed by atoms with Gasteiger partial charge in [-0.3, -0.25) is 9.59 Å². The number of hydrogen-bond acceptors (Lipinski definition) is 8. The molecule has 0 heterocycles. The predicted molar refractivity (Wildman–Crippen MR) is 84.6 cm³/mol. The molecule has 0 spiro atoms. The van der Waals surface area contributed by atoms with Gasteiger partial charge in [-0.2, -0.15) is 0 Å². The molecule has 0 radical (unpaired) electrons. The molecule has 0 aromatic heterocycles. The van der Waals surface area contributed by atoms with Crippen LogP contribution in [0.5, 0.6) is 0 Å². The summed E-state index contributed by atoms with van der Waals surface area (Å²) in [6.45, 7) is 2.66. The molecule has 0 aliphatic heterocycles. The quantitative estimate of drug-likeness (QED) is 0.435. The van der Waals surface area contributed by atoms with Gasteiger partial charge in [-0.1, -0.05) is 13.8 Å². The van der Waals surface area contributed by atoms with Crippen LogP contribution in [0.1, 0.15) is 26.7 Å². The fourth-order valence-electron chi connectivity index (χ4n) is 3.21. The minimum atomic E-state index is -3.59. The van der Waals surface area contributed by atoms with Crippen LogP contribution in [0.2, 0.25) is 0 Å². The highest BCUT2D eigenvalue weighted by Crippen LogP contribution is 2.51. The summed E-state index contributed by atoms with van der Waals surface area (Å²) in [6.07, 6.45) is 2.39. The van der Waals surface area contributed by atoms with Gasteiger partial charge in [0.05, 0.1) is 0 Å². The maximum Gasteiger partial charge on any atom is 0.327 e. The molecule has 2 fully saturated rings. The van der Waals surface area contributed by atoms with E-state index in [1.54, 1.807) is 13.8 Å². The fraction of sp³-hybridized carbons (Fsp3) is 0.857. The Hall–Kier alpha value is -1.16. The van der Waals surface area contributed by atoms with Gasteiger partial charge in [-0.25, -0.2) is 16.8 Å². The highest BCUT2D eigenvalue weighted by Gasteiger charge is 2.67. The molecule has 2 rings (SSSR count). The minimum absolute atomic E-state index is 0.207. The van der Waals surface area contributed by atoms with Gasteiger partial charge in [0.1, 0.15) is 13.2 Å². The second-order valence-electron chi connectivity index (χ2n) is 6.81. The molecule has 0 bridgehead atoms. The predicted octanol–water partition coefficient (Wildman–Crippen LogP) is -0.281. The molecule has 2 saturated carbocycles. The summed E-state index contributed by atoms with van der Waals surface area (Å²) >= 11 is 0. The van der Waals surface area contributed by atoms with Crippen molar-refractivity contribution in [3.63, 3.8) is 0 Å². The van der Waals surface area contributed by atoms with Gasteiger partial charge in [0, 0.05) is 12.5 Å². The third-order valence-corrected chi connectivity index (χ3v) is 9.17. The zero-order valence-corrected chi connectivity index (χ0v) is 15.7. The van der Waals surface area contributed by atoms with Crippen molar-refractivity contribution in [2.45, 2.75) is 36.2 Å². The normalized spacial score (nSPS) is 35.2. The van der Waals surface area contributed by atoms with Crippen molar-refractivity contribution < 1.29 is 35.9 Å². The average molecular weight is 382 g/mol. The summed E-state index contributed by atoms with van der Waals surface area (Å²) in [7, 11) is -7.19. The van der Waals surface area contributed by atoms with Crippen molar-refractivity contribution in [2.75, 3.05) is 25.7 Å². The van der Waals surface area contributed by atoms with E-state index in [0.717, 1.165) is 12.5 Å². The van der Waals surface area contributed by atoms with Crippen LogP contribution in [0.25, 0.3) is 0 Å². The number of carbonyl (C=O) groups is 2. The number of ether oxygens (including phenoxy) is 2. The molecule has 2 aliphatic carbocycles. The first-order valence-electron chi connectivity index (χ1n) is 7.54. The minimum Gasteiger partial charge on any atom is -0.461 e. The van der Waals surface area contributed by atoms with E-state index < -0.39 is 41.1 Å². The van der Waals surface area contributed by atoms with Crippen LogP contribution in [-0.4, -0.2) is 64.0 Å². The van der Waals surface area contributed by atoms with E-state index >= 15 is 0 Å². The number of esters is 2. The molecular weight excluding hydrogens is 360 g/mol. The Morgan fingerprint density at radius 2 is 1.08 bits per heavy atom. The van der Waals surface area contributed by atoms with E-state index in [2.05, 4.69) is 0 Å². The second-order valence-corrected chi connectivity index (χ2v) is 11.4. The Morgan fingerprint density at radius 1 is 0.833 bits per heavy atom. The molecule has 8 nitrogen and oxygen atoms in total. The van der Waals surface area contributed by atoms with Crippen LogP contribution in [0.15, 0.2) is 0 Å². The molecule has 0 N–H and O–H groups in total. The van der Waals surface area contributed by atoms with E-state index in [1.165, 1.54) is 0 Å². The first-order chi connectivity index (χ1) is 10.8. The van der Waals surface area contributed by atoms with Crippen LogP contribution < -0.4 is 0 Å². The van der Waals surface area contributed by atoms with Crippen LogP contribution in [0.4, 0.5) is 0 Å². The lowest BCUT2D eigenvalue weighted by atomic mass is 10.3. The maximum atomic E-state index is 12.0. The summed E-state index contributed by atoms with van der Waals surface area (Å²) < 4.78 is 53.8. The van der Waals surface area contributed by atoms with Crippen LogP contribution in [0.3, 0.4) is 0 Å². The van der Waals surface area contributed by atoms with Crippen molar-refractivity contribution in [2.24, 2.45) is 11.8 Å². The Balaban J connectivity index is 1.86. The van der Waals surface area contributed by atoms with E-state index in [9.17, 15) is 26.4 Å². The van der Waals surface area contributed by atoms with Crippen molar-refractivity contribution >= 4 is 31.6 Å². The lowest BCUT2D eigenvalue weighted by molar-refractivity contribution is -0.153. The van der Waals surface area contributed by atoms with Gasteiger partial charge < -0.3 is 9.47 Å². The first kappa shape index (κ1) is 19.2. The van der Waals surface area contributed by atoms with Gasteiger partial charge in [0.25, 0.3) is 0 Å². The lowest BCUT2D eigenvalue weighted by Crippen LogP contribution is -2.38. The molecule has 0 saturated heterocycles. The third kappa shape index (κ3) is 2.83. The third-order valence-electron chi connectivity index (χ3n) is 5.05. The molecule has 10 heteroatoms. The molecule has 24 heavy (non-hydrogen) atoms. The van der Waals surface area contributed by atoms with E-state index in [-0.39, 0.29) is 37.9 Å². The second kappa shape index (κ2) is 5.69. The van der Waals surface area contributed by atoms with Crippen molar-refractivity contribution in [3.05, 3.63) is 0 Å². The summed E-state index contributed by atoms with van der Waals surface area (Å²) in [4.78, 5) is 24.0. The summed E-state index contributed by atoms with van der Waals surface area (Å²) in [5.74, 6) is -2.34. The number of hydrogen-bond donors (Lipinski definition) is 0.